The highest BCUT2D eigenvalue weighted by Gasteiger charge is 2.24. The van der Waals surface area contributed by atoms with Gasteiger partial charge in [0.15, 0.2) is 0 Å². The summed E-state index contributed by atoms with van der Waals surface area (Å²) < 4.78 is 0. The zero-order chi connectivity index (χ0) is 13.1. The van der Waals surface area contributed by atoms with E-state index < -0.39 is 0 Å². The van der Waals surface area contributed by atoms with Crippen molar-refractivity contribution in [2.75, 3.05) is 24.5 Å². The molecule has 1 aromatic heterocycles. The number of pyridine rings is 1. The van der Waals surface area contributed by atoms with Gasteiger partial charge in [-0.3, -0.25) is 4.98 Å². The Labute approximate surface area is 114 Å². The molecule has 0 amide bonds. The molecule has 1 aliphatic heterocycles. The SMILES string of the molecule is Cc1ncccc1N1CCNCC1c1ccccc1. The molecule has 3 rings (SSSR count). The second-order valence-electron chi connectivity index (χ2n) is 4.93. The number of aryl methyl sites for hydroxylation is 1. The lowest BCUT2D eigenvalue weighted by atomic mass is 10.0. The van der Waals surface area contributed by atoms with Gasteiger partial charge in [0.05, 0.1) is 17.4 Å². The summed E-state index contributed by atoms with van der Waals surface area (Å²) in [5.41, 5.74) is 3.71. The fourth-order valence-electron chi connectivity index (χ4n) is 2.74. The Morgan fingerprint density at radius 3 is 2.79 bits per heavy atom. The molecule has 0 bridgehead atoms. The number of rotatable bonds is 2. The zero-order valence-electron chi connectivity index (χ0n) is 11.2. The van der Waals surface area contributed by atoms with Crippen LogP contribution in [0.5, 0.6) is 0 Å². The van der Waals surface area contributed by atoms with Crippen LogP contribution in [0.25, 0.3) is 0 Å². The molecular formula is C16H19N3. The molecule has 1 atom stereocenters. The lowest BCUT2D eigenvalue weighted by Gasteiger charge is -2.38. The van der Waals surface area contributed by atoms with E-state index in [0.29, 0.717) is 6.04 Å². The first-order chi connectivity index (χ1) is 9.36. The number of benzene rings is 1. The molecule has 1 saturated heterocycles. The lowest BCUT2D eigenvalue weighted by molar-refractivity contribution is 0.488. The molecule has 1 aliphatic rings. The summed E-state index contributed by atoms with van der Waals surface area (Å²) in [6, 6.07) is 15.3. The predicted molar refractivity (Wildman–Crippen MR) is 78.4 cm³/mol. The minimum absolute atomic E-state index is 0.387. The van der Waals surface area contributed by atoms with Gasteiger partial charge in [-0.05, 0) is 24.6 Å². The topological polar surface area (TPSA) is 28.2 Å². The fraction of sp³-hybridized carbons (Fsp3) is 0.312. The van der Waals surface area contributed by atoms with E-state index in [4.69, 9.17) is 0 Å². The molecular weight excluding hydrogens is 234 g/mol. The third-order valence-electron chi connectivity index (χ3n) is 3.72. The average Bonchev–Trinajstić information content (AvgIpc) is 2.49. The van der Waals surface area contributed by atoms with Crippen LogP contribution in [0.3, 0.4) is 0 Å². The van der Waals surface area contributed by atoms with Gasteiger partial charge in [-0.25, -0.2) is 0 Å². The van der Waals surface area contributed by atoms with Gasteiger partial charge in [-0.2, -0.15) is 0 Å². The second-order valence-corrected chi connectivity index (χ2v) is 4.93. The van der Waals surface area contributed by atoms with E-state index in [-0.39, 0.29) is 0 Å². The van der Waals surface area contributed by atoms with Crippen LogP contribution in [0.2, 0.25) is 0 Å². The highest BCUT2D eigenvalue weighted by atomic mass is 15.2. The average molecular weight is 253 g/mol. The zero-order valence-corrected chi connectivity index (χ0v) is 11.2. The van der Waals surface area contributed by atoms with Crippen molar-refractivity contribution in [1.82, 2.24) is 10.3 Å². The quantitative estimate of drug-likeness (QED) is 0.891. The number of nitrogens with zero attached hydrogens (tertiary/aromatic N) is 2. The molecule has 0 saturated carbocycles. The monoisotopic (exact) mass is 253 g/mol. The number of hydrogen-bond acceptors (Lipinski definition) is 3. The van der Waals surface area contributed by atoms with Gasteiger partial charge in [0, 0.05) is 25.8 Å². The minimum Gasteiger partial charge on any atom is -0.360 e. The Kier molecular flexibility index (Phi) is 3.47. The van der Waals surface area contributed by atoms with Gasteiger partial charge in [-0.15, -0.1) is 0 Å². The van der Waals surface area contributed by atoms with E-state index in [9.17, 15) is 0 Å². The molecule has 1 fully saturated rings. The van der Waals surface area contributed by atoms with Crippen molar-refractivity contribution < 1.29 is 0 Å². The molecule has 2 heterocycles. The lowest BCUT2D eigenvalue weighted by Crippen LogP contribution is -2.46. The van der Waals surface area contributed by atoms with Gasteiger partial charge >= 0.3 is 0 Å². The Hall–Kier alpha value is -1.87. The van der Waals surface area contributed by atoms with E-state index in [2.05, 4.69) is 58.5 Å². The molecule has 2 aromatic rings. The number of hydrogen-bond donors (Lipinski definition) is 1. The standard InChI is InChI=1S/C16H19N3/c1-13-15(8-5-9-18-13)19-11-10-17-12-16(19)14-6-3-2-4-7-14/h2-9,16-17H,10-12H2,1H3. The minimum atomic E-state index is 0.387. The number of aromatic nitrogens is 1. The molecule has 3 heteroatoms. The maximum atomic E-state index is 4.42. The van der Waals surface area contributed by atoms with E-state index in [0.717, 1.165) is 25.3 Å². The first-order valence-electron chi connectivity index (χ1n) is 6.80. The van der Waals surface area contributed by atoms with Crippen molar-refractivity contribution in [2.45, 2.75) is 13.0 Å². The van der Waals surface area contributed by atoms with E-state index in [1.165, 1.54) is 11.3 Å². The summed E-state index contributed by atoms with van der Waals surface area (Å²) >= 11 is 0. The van der Waals surface area contributed by atoms with Crippen LogP contribution in [0.4, 0.5) is 5.69 Å². The molecule has 0 aliphatic carbocycles. The maximum absolute atomic E-state index is 4.42. The third-order valence-corrected chi connectivity index (χ3v) is 3.72. The van der Waals surface area contributed by atoms with E-state index in [1.54, 1.807) is 0 Å². The van der Waals surface area contributed by atoms with Gasteiger partial charge in [0.25, 0.3) is 0 Å². The summed E-state index contributed by atoms with van der Waals surface area (Å²) in [4.78, 5) is 6.89. The summed E-state index contributed by atoms with van der Waals surface area (Å²) in [5, 5.41) is 3.49. The van der Waals surface area contributed by atoms with E-state index in [1.807, 2.05) is 12.3 Å². The van der Waals surface area contributed by atoms with Gasteiger partial charge in [0.2, 0.25) is 0 Å². The Bertz CT molecular complexity index is 539. The van der Waals surface area contributed by atoms with Crippen LogP contribution in [-0.4, -0.2) is 24.6 Å². The van der Waals surface area contributed by atoms with Crippen molar-refractivity contribution in [3.63, 3.8) is 0 Å². The van der Waals surface area contributed by atoms with Crippen molar-refractivity contribution in [2.24, 2.45) is 0 Å². The highest BCUT2D eigenvalue weighted by Crippen LogP contribution is 2.29. The molecule has 1 N–H and O–H groups in total. The van der Waals surface area contributed by atoms with Crippen LogP contribution >= 0.6 is 0 Å². The molecule has 1 unspecified atom stereocenters. The molecule has 98 valence electrons. The summed E-state index contributed by atoms with van der Waals surface area (Å²) in [6.07, 6.45) is 1.86. The smallest absolute Gasteiger partial charge is 0.0668 e. The first-order valence-corrected chi connectivity index (χ1v) is 6.80. The third kappa shape index (κ3) is 2.47. The predicted octanol–water partition coefficient (Wildman–Crippen LogP) is 2.54. The number of anilines is 1. The highest BCUT2D eigenvalue weighted by molar-refractivity contribution is 5.52. The van der Waals surface area contributed by atoms with Crippen LogP contribution < -0.4 is 10.2 Å². The Morgan fingerprint density at radius 1 is 1.16 bits per heavy atom. The van der Waals surface area contributed by atoms with Gasteiger partial charge in [-0.1, -0.05) is 30.3 Å². The number of piperazine rings is 1. The maximum Gasteiger partial charge on any atom is 0.0668 e. The number of nitrogens with one attached hydrogen (secondary N) is 1. The first kappa shape index (κ1) is 12.2. The van der Waals surface area contributed by atoms with E-state index >= 15 is 0 Å². The Balaban J connectivity index is 1.96. The van der Waals surface area contributed by atoms with Gasteiger partial charge in [0.1, 0.15) is 0 Å². The van der Waals surface area contributed by atoms with Crippen LogP contribution in [-0.2, 0) is 0 Å². The largest absolute Gasteiger partial charge is 0.360 e. The van der Waals surface area contributed by atoms with Crippen molar-refractivity contribution in [3.8, 4) is 0 Å². The molecule has 3 nitrogen and oxygen atoms in total. The fourth-order valence-corrected chi connectivity index (χ4v) is 2.74. The molecule has 0 spiro atoms. The van der Waals surface area contributed by atoms with Crippen LogP contribution in [0, 0.1) is 6.92 Å². The summed E-state index contributed by atoms with van der Waals surface area (Å²) in [6.45, 7) is 5.11. The van der Waals surface area contributed by atoms with Crippen molar-refractivity contribution >= 4 is 5.69 Å². The molecule has 19 heavy (non-hydrogen) atoms. The molecule has 1 aromatic carbocycles. The van der Waals surface area contributed by atoms with Crippen LogP contribution in [0.15, 0.2) is 48.7 Å². The summed E-state index contributed by atoms with van der Waals surface area (Å²) in [7, 11) is 0. The van der Waals surface area contributed by atoms with Crippen molar-refractivity contribution in [1.29, 1.82) is 0 Å². The Morgan fingerprint density at radius 2 is 2.00 bits per heavy atom. The molecule has 0 radical (unpaired) electrons. The second kappa shape index (κ2) is 5.41. The van der Waals surface area contributed by atoms with Gasteiger partial charge < -0.3 is 10.2 Å². The summed E-state index contributed by atoms with van der Waals surface area (Å²) in [5.74, 6) is 0. The normalized spacial score (nSPS) is 19.4. The van der Waals surface area contributed by atoms with Crippen molar-refractivity contribution in [3.05, 3.63) is 59.9 Å². The van der Waals surface area contributed by atoms with Crippen LogP contribution in [0.1, 0.15) is 17.3 Å².